The number of pyridine rings is 1. The van der Waals surface area contributed by atoms with Gasteiger partial charge in [0.15, 0.2) is 0 Å². The number of imidazole rings is 1. The molecule has 0 aliphatic carbocycles. The van der Waals surface area contributed by atoms with E-state index in [1.807, 2.05) is 49.1 Å². The number of nitrogens with zero attached hydrogens (tertiary/aromatic N) is 3. The van der Waals surface area contributed by atoms with E-state index in [1.54, 1.807) is 18.3 Å². The molecule has 0 fully saturated rings. The van der Waals surface area contributed by atoms with Crippen LogP contribution in [0.4, 0.5) is 0 Å². The first-order valence-electron chi connectivity index (χ1n) is 10.6. The summed E-state index contributed by atoms with van der Waals surface area (Å²) in [6, 6.07) is 20.0. The van der Waals surface area contributed by atoms with Crippen LogP contribution in [-0.2, 0) is 13.1 Å². The van der Waals surface area contributed by atoms with Gasteiger partial charge >= 0.3 is 0 Å². The number of amides is 1. The van der Waals surface area contributed by atoms with Gasteiger partial charge < -0.3 is 14.6 Å². The van der Waals surface area contributed by atoms with Gasteiger partial charge in [-0.1, -0.05) is 48.5 Å². The van der Waals surface area contributed by atoms with Gasteiger partial charge in [0.05, 0.1) is 18.0 Å². The smallest absolute Gasteiger partial charge is 0.253 e. The third-order valence-corrected chi connectivity index (χ3v) is 5.00. The molecule has 2 aromatic heterocycles. The minimum absolute atomic E-state index is 0.0404. The minimum atomic E-state index is -0.168. The highest BCUT2D eigenvalue weighted by Crippen LogP contribution is 2.24. The average Bonchev–Trinajstić information content (AvgIpc) is 3.31. The van der Waals surface area contributed by atoms with Crippen molar-refractivity contribution < 1.29 is 9.53 Å². The second-order valence-electron chi connectivity index (χ2n) is 7.82. The molecule has 1 amide bonds. The third kappa shape index (κ3) is 5.40. The lowest BCUT2D eigenvalue weighted by molar-refractivity contribution is 0.0950. The van der Waals surface area contributed by atoms with Gasteiger partial charge in [0.1, 0.15) is 0 Å². The monoisotopic (exact) mass is 426 g/mol. The quantitative estimate of drug-likeness (QED) is 0.443. The molecule has 0 spiro atoms. The fourth-order valence-electron chi connectivity index (χ4n) is 3.44. The van der Waals surface area contributed by atoms with Gasteiger partial charge in [-0.3, -0.25) is 4.79 Å². The number of hydrogen-bond acceptors (Lipinski definition) is 4. The number of carbonyl (C=O) groups excluding carboxylic acids is 1. The molecule has 162 valence electrons. The molecule has 0 bridgehead atoms. The lowest BCUT2D eigenvalue weighted by Gasteiger charge is -2.12. The zero-order valence-corrected chi connectivity index (χ0v) is 18.2. The van der Waals surface area contributed by atoms with Gasteiger partial charge in [0.25, 0.3) is 5.91 Å². The largest absolute Gasteiger partial charge is 0.475 e. The van der Waals surface area contributed by atoms with Crippen molar-refractivity contribution in [2.75, 3.05) is 0 Å². The SMILES string of the molecule is CC(C)Oc1ccc(C(=O)NCc2ccccc2-c2ccc(Cn3ccnc3)cc2)cn1. The van der Waals surface area contributed by atoms with E-state index in [0.29, 0.717) is 18.0 Å². The molecule has 1 N–H and O–H groups in total. The van der Waals surface area contributed by atoms with Crippen molar-refractivity contribution in [3.05, 3.63) is 102 Å². The summed E-state index contributed by atoms with van der Waals surface area (Å²) in [5.74, 6) is 0.345. The van der Waals surface area contributed by atoms with Crippen molar-refractivity contribution in [1.82, 2.24) is 19.9 Å². The predicted octanol–water partition coefficient (Wildman–Crippen LogP) is 4.71. The minimum Gasteiger partial charge on any atom is -0.475 e. The number of aromatic nitrogens is 3. The number of benzene rings is 2. The van der Waals surface area contributed by atoms with E-state index in [9.17, 15) is 4.79 Å². The van der Waals surface area contributed by atoms with Crippen LogP contribution in [0.15, 0.2) is 85.6 Å². The zero-order valence-electron chi connectivity index (χ0n) is 18.2. The maximum atomic E-state index is 12.6. The number of hydrogen-bond donors (Lipinski definition) is 1. The van der Waals surface area contributed by atoms with Gasteiger partial charge in [-0.15, -0.1) is 0 Å². The van der Waals surface area contributed by atoms with Crippen LogP contribution in [-0.4, -0.2) is 26.5 Å². The van der Waals surface area contributed by atoms with Crippen molar-refractivity contribution in [3.63, 3.8) is 0 Å². The molecular weight excluding hydrogens is 400 g/mol. The molecule has 2 heterocycles. The highest BCUT2D eigenvalue weighted by molar-refractivity contribution is 5.94. The average molecular weight is 427 g/mol. The van der Waals surface area contributed by atoms with Crippen LogP contribution in [0.1, 0.15) is 35.3 Å². The Morgan fingerprint density at radius 2 is 1.88 bits per heavy atom. The lowest BCUT2D eigenvalue weighted by Crippen LogP contribution is -2.23. The third-order valence-electron chi connectivity index (χ3n) is 5.00. The van der Waals surface area contributed by atoms with Crippen LogP contribution in [0.3, 0.4) is 0 Å². The van der Waals surface area contributed by atoms with Crippen molar-refractivity contribution in [1.29, 1.82) is 0 Å². The van der Waals surface area contributed by atoms with E-state index in [0.717, 1.165) is 23.2 Å². The van der Waals surface area contributed by atoms with Crippen LogP contribution < -0.4 is 10.1 Å². The second kappa shape index (κ2) is 9.92. The standard InChI is InChI=1S/C26H26N4O2/c1-19(2)32-25-12-11-23(16-28-25)26(31)29-15-22-5-3-4-6-24(22)21-9-7-20(8-10-21)17-30-14-13-27-18-30/h3-14,16,18-19H,15,17H2,1-2H3,(H,29,31). The van der Waals surface area contributed by atoms with Gasteiger partial charge in [-0.05, 0) is 42.2 Å². The zero-order chi connectivity index (χ0) is 22.3. The Morgan fingerprint density at radius 3 is 2.56 bits per heavy atom. The molecule has 4 aromatic rings. The molecule has 32 heavy (non-hydrogen) atoms. The predicted molar refractivity (Wildman–Crippen MR) is 124 cm³/mol. The van der Waals surface area contributed by atoms with E-state index in [-0.39, 0.29) is 12.0 Å². The summed E-state index contributed by atoms with van der Waals surface area (Å²) >= 11 is 0. The first kappa shape index (κ1) is 21.3. The molecule has 0 radical (unpaired) electrons. The molecule has 0 aliphatic rings. The first-order valence-corrected chi connectivity index (χ1v) is 10.6. The van der Waals surface area contributed by atoms with Gasteiger partial charge in [0, 0.05) is 37.7 Å². The molecule has 0 saturated carbocycles. The summed E-state index contributed by atoms with van der Waals surface area (Å²) in [4.78, 5) is 20.9. The summed E-state index contributed by atoms with van der Waals surface area (Å²) in [5.41, 5.74) is 4.97. The fourth-order valence-corrected chi connectivity index (χ4v) is 3.44. The molecule has 0 unspecified atom stereocenters. The van der Waals surface area contributed by atoms with Crippen molar-refractivity contribution in [2.24, 2.45) is 0 Å². The van der Waals surface area contributed by atoms with Crippen LogP contribution in [0.2, 0.25) is 0 Å². The van der Waals surface area contributed by atoms with Gasteiger partial charge in [0.2, 0.25) is 5.88 Å². The Morgan fingerprint density at radius 1 is 1.06 bits per heavy atom. The second-order valence-corrected chi connectivity index (χ2v) is 7.82. The van der Waals surface area contributed by atoms with Crippen molar-refractivity contribution >= 4 is 5.91 Å². The maximum Gasteiger partial charge on any atom is 0.253 e. The molecule has 6 nitrogen and oxygen atoms in total. The Balaban J connectivity index is 1.42. The molecule has 2 aromatic carbocycles. The maximum absolute atomic E-state index is 12.6. The van der Waals surface area contributed by atoms with Gasteiger partial charge in [-0.2, -0.15) is 0 Å². The Labute approximate surface area is 187 Å². The topological polar surface area (TPSA) is 69.0 Å². The van der Waals surface area contributed by atoms with E-state index >= 15 is 0 Å². The normalized spacial score (nSPS) is 10.8. The van der Waals surface area contributed by atoms with E-state index < -0.39 is 0 Å². The summed E-state index contributed by atoms with van der Waals surface area (Å²) in [5, 5.41) is 3.00. The molecular formula is C26H26N4O2. The number of rotatable bonds is 8. The Bertz CT molecular complexity index is 1150. The summed E-state index contributed by atoms with van der Waals surface area (Å²) in [6.45, 7) is 5.09. The van der Waals surface area contributed by atoms with Crippen molar-refractivity contribution in [2.45, 2.75) is 33.0 Å². The Kier molecular flexibility index (Phi) is 6.60. The van der Waals surface area contributed by atoms with E-state index in [1.165, 1.54) is 11.8 Å². The van der Waals surface area contributed by atoms with Crippen LogP contribution in [0, 0.1) is 0 Å². The fraction of sp³-hybridized carbons (Fsp3) is 0.192. The molecule has 4 rings (SSSR count). The highest BCUT2D eigenvalue weighted by Gasteiger charge is 2.10. The van der Waals surface area contributed by atoms with Crippen LogP contribution in [0.5, 0.6) is 5.88 Å². The summed E-state index contributed by atoms with van der Waals surface area (Å²) in [7, 11) is 0. The number of carbonyl (C=O) groups is 1. The van der Waals surface area contributed by atoms with Crippen molar-refractivity contribution in [3.8, 4) is 17.0 Å². The van der Waals surface area contributed by atoms with Crippen LogP contribution in [0.25, 0.3) is 11.1 Å². The highest BCUT2D eigenvalue weighted by atomic mass is 16.5. The number of nitrogens with one attached hydrogen (secondary N) is 1. The first-order chi connectivity index (χ1) is 15.6. The molecule has 0 atom stereocenters. The Hall–Kier alpha value is -3.93. The lowest BCUT2D eigenvalue weighted by atomic mass is 9.98. The molecule has 0 aliphatic heterocycles. The summed E-state index contributed by atoms with van der Waals surface area (Å²) < 4.78 is 7.57. The van der Waals surface area contributed by atoms with Gasteiger partial charge in [-0.25, -0.2) is 9.97 Å². The van der Waals surface area contributed by atoms with E-state index in [2.05, 4.69) is 45.6 Å². The molecule has 0 saturated heterocycles. The molecule has 6 heteroatoms. The summed E-state index contributed by atoms with van der Waals surface area (Å²) in [6.07, 6.45) is 7.12. The van der Waals surface area contributed by atoms with E-state index in [4.69, 9.17) is 4.74 Å². The van der Waals surface area contributed by atoms with Crippen LogP contribution >= 0.6 is 0 Å². The number of ether oxygens (including phenoxy) is 1.